The molecule has 3 aromatic rings. The Morgan fingerprint density at radius 3 is 2.44 bits per heavy atom. The standard InChI is InChI=1S/C28H29N3O5/c1-17(29)20-9-11-25(32)22(14-20)15-23(28(35)36-2)24-4-3-13-31(24)27(34)19-7-5-18(6-8-19)21-10-12-26(33)30-16-21/h5-12,14,16,23-24,29,32H,3-4,13,15H2,1-2H3,(H,30,33)/t23?,24-/m1/s1. The van der Waals surface area contributed by atoms with Crippen molar-refractivity contribution in [2.75, 3.05) is 13.7 Å². The maximum Gasteiger partial charge on any atom is 0.311 e. The number of hydrogen-bond donors (Lipinski definition) is 3. The number of hydrogen-bond acceptors (Lipinski definition) is 6. The molecule has 1 fully saturated rings. The van der Waals surface area contributed by atoms with E-state index in [2.05, 4.69) is 4.98 Å². The summed E-state index contributed by atoms with van der Waals surface area (Å²) >= 11 is 0. The van der Waals surface area contributed by atoms with Crippen molar-refractivity contribution in [1.29, 1.82) is 5.41 Å². The zero-order chi connectivity index (χ0) is 25.8. The summed E-state index contributed by atoms with van der Waals surface area (Å²) < 4.78 is 5.10. The number of H-pyrrole nitrogens is 1. The number of carbonyl (C=O) groups is 2. The van der Waals surface area contributed by atoms with Gasteiger partial charge in [0.1, 0.15) is 5.75 Å². The Labute approximate surface area is 209 Å². The van der Waals surface area contributed by atoms with Crippen molar-refractivity contribution in [1.82, 2.24) is 9.88 Å². The third kappa shape index (κ3) is 5.22. The van der Waals surface area contributed by atoms with Crippen LogP contribution in [-0.2, 0) is 16.0 Å². The Morgan fingerprint density at radius 2 is 1.81 bits per heavy atom. The lowest BCUT2D eigenvalue weighted by atomic mass is 9.89. The number of nitrogens with one attached hydrogen (secondary N) is 2. The van der Waals surface area contributed by atoms with Crippen LogP contribution in [0.2, 0.25) is 0 Å². The van der Waals surface area contributed by atoms with Gasteiger partial charge < -0.3 is 25.1 Å². The normalized spacial score (nSPS) is 15.9. The van der Waals surface area contributed by atoms with Crippen molar-refractivity contribution >= 4 is 17.6 Å². The van der Waals surface area contributed by atoms with E-state index >= 15 is 0 Å². The first-order valence-electron chi connectivity index (χ1n) is 11.8. The number of phenols is 1. The Hall–Kier alpha value is -4.20. The van der Waals surface area contributed by atoms with E-state index in [-0.39, 0.29) is 29.7 Å². The molecule has 4 rings (SSSR count). The number of likely N-dealkylation sites (tertiary alicyclic amines) is 1. The number of benzene rings is 2. The molecule has 1 aromatic heterocycles. The summed E-state index contributed by atoms with van der Waals surface area (Å²) in [5, 5.41) is 18.3. The van der Waals surface area contributed by atoms with Crippen molar-refractivity contribution in [3.63, 3.8) is 0 Å². The third-order valence-electron chi connectivity index (χ3n) is 6.73. The molecule has 0 bridgehead atoms. The first kappa shape index (κ1) is 24.9. The fraction of sp³-hybridized carbons (Fsp3) is 0.286. The summed E-state index contributed by atoms with van der Waals surface area (Å²) in [6.07, 6.45) is 3.22. The summed E-state index contributed by atoms with van der Waals surface area (Å²) in [6, 6.07) is 14.8. The lowest BCUT2D eigenvalue weighted by Crippen LogP contribution is -2.44. The van der Waals surface area contributed by atoms with Crippen LogP contribution >= 0.6 is 0 Å². The molecule has 1 saturated heterocycles. The molecular weight excluding hydrogens is 458 g/mol. The molecule has 3 N–H and O–H groups in total. The van der Waals surface area contributed by atoms with Crippen molar-refractivity contribution in [2.45, 2.75) is 32.2 Å². The predicted molar refractivity (Wildman–Crippen MR) is 136 cm³/mol. The zero-order valence-corrected chi connectivity index (χ0v) is 20.3. The SMILES string of the molecule is COC(=O)C(Cc1cc(C(C)=N)ccc1O)[C@H]1CCCN1C(=O)c1ccc(-c2ccc(=O)[nH]c2)cc1. The Morgan fingerprint density at radius 1 is 1.11 bits per heavy atom. The number of carbonyl (C=O) groups excluding carboxylic acids is 2. The van der Waals surface area contributed by atoms with E-state index in [0.29, 0.717) is 35.4 Å². The molecule has 1 unspecified atom stereocenters. The lowest BCUT2D eigenvalue weighted by Gasteiger charge is -2.30. The van der Waals surface area contributed by atoms with Crippen molar-refractivity contribution in [3.8, 4) is 16.9 Å². The van der Waals surface area contributed by atoms with Crippen LogP contribution in [0, 0.1) is 11.3 Å². The van der Waals surface area contributed by atoms with Gasteiger partial charge >= 0.3 is 5.97 Å². The van der Waals surface area contributed by atoms with E-state index in [1.807, 2.05) is 12.1 Å². The van der Waals surface area contributed by atoms with E-state index in [1.54, 1.807) is 48.4 Å². The van der Waals surface area contributed by atoms with E-state index in [1.165, 1.54) is 19.2 Å². The molecular formula is C28H29N3O5. The molecule has 1 aliphatic rings. The summed E-state index contributed by atoms with van der Waals surface area (Å²) in [6.45, 7) is 2.18. The molecule has 8 nitrogen and oxygen atoms in total. The maximum atomic E-state index is 13.5. The number of phenolic OH excluding ortho intramolecular Hbond substituents is 1. The van der Waals surface area contributed by atoms with Crippen LogP contribution in [0.25, 0.3) is 11.1 Å². The Kier molecular flexibility index (Phi) is 7.33. The lowest BCUT2D eigenvalue weighted by molar-refractivity contribution is -0.147. The summed E-state index contributed by atoms with van der Waals surface area (Å²) in [5.74, 6) is -1.23. The summed E-state index contributed by atoms with van der Waals surface area (Å²) in [4.78, 5) is 42.0. The summed E-state index contributed by atoms with van der Waals surface area (Å²) in [5.41, 5.74) is 3.58. The summed E-state index contributed by atoms with van der Waals surface area (Å²) in [7, 11) is 1.32. The molecule has 0 radical (unpaired) electrons. The van der Waals surface area contributed by atoms with Gasteiger partial charge in [-0.15, -0.1) is 0 Å². The average molecular weight is 488 g/mol. The van der Waals surface area contributed by atoms with Crippen LogP contribution in [0.15, 0.2) is 65.6 Å². The number of aromatic nitrogens is 1. The highest BCUT2D eigenvalue weighted by molar-refractivity contribution is 5.97. The third-order valence-corrected chi connectivity index (χ3v) is 6.73. The number of ether oxygens (including phenoxy) is 1. The molecule has 1 amide bonds. The van der Waals surface area contributed by atoms with Gasteiger partial charge in [-0.3, -0.25) is 14.4 Å². The van der Waals surface area contributed by atoms with Crippen LogP contribution in [0.4, 0.5) is 0 Å². The molecule has 36 heavy (non-hydrogen) atoms. The number of aromatic hydroxyl groups is 1. The number of aromatic amines is 1. The molecule has 0 saturated carbocycles. The Bertz CT molecular complexity index is 1330. The number of methoxy groups -OCH3 is 1. The monoisotopic (exact) mass is 487 g/mol. The van der Waals surface area contributed by atoms with Gasteiger partial charge in [0, 0.05) is 36.1 Å². The molecule has 2 atom stereocenters. The smallest absolute Gasteiger partial charge is 0.311 e. The zero-order valence-electron chi connectivity index (χ0n) is 20.3. The largest absolute Gasteiger partial charge is 0.508 e. The van der Waals surface area contributed by atoms with E-state index in [4.69, 9.17) is 10.1 Å². The quantitative estimate of drug-likeness (QED) is 0.346. The van der Waals surface area contributed by atoms with Gasteiger partial charge in [-0.05, 0) is 84.8 Å². The van der Waals surface area contributed by atoms with Crippen LogP contribution < -0.4 is 5.56 Å². The molecule has 2 aromatic carbocycles. The van der Waals surface area contributed by atoms with Crippen molar-refractivity contribution in [3.05, 3.63) is 87.8 Å². The van der Waals surface area contributed by atoms with Gasteiger partial charge in [0.05, 0.1) is 13.0 Å². The van der Waals surface area contributed by atoms with Crippen molar-refractivity contribution < 1.29 is 19.4 Å². The minimum absolute atomic E-state index is 0.0441. The van der Waals surface area contributed by atoms with Gasteiger partial charge in [0.2, 0.25) is 5.56 Å². The van der Waals surface area contributed by atoms with Gasteiger partial charge in [0.15, 0.2) is 0 Å². The number of esters is 1. The average Bonchev–Trinajstić information content (AvgIpc) is 3.37. The van der Waals surface area contributed by atoms with Gasteiger partial charge in [0.25, 0.3) is 5.91 Å². The molecule has 186 valence electrons. The fourth-order valence-corrected chi connectivity index (χ4v) is 4.77. The minimum atomic E-state index is -0.658. The second-order valence-electron chi connectivity index (χ2n) is 9.03. The van der Waals surface area contributed by atoms with E-state index in [0.717, 1.165) is 17.5 Å². The second-order valence-corrected chi connectivity index (χ2v) is 9.03. The van der Waals surface area contributed by atoms with Crippen LogP contribution in [0.5, 0.6) is 5.75 Å². The number of rotatable bonds is 7. The van der Waals surface area contributed by atoms with Gasteiger partial charge in [-0.1, -0.05) is 12.1 Å². The van der Waals surface area contributed by atoms with Gasteiger partial charge in [-0.25, -0.2) is 0 Å². The highest BCUT2D eigenvalue weighted by atomic mass is 16.5. The number of nitrogens with zero attached hydrogens (tertiary/aromatic N) is 1. The highest BCUT2D eigenvalue weighted by Gasteiger charge is 2.39. The first-order valence-corrected chi connectivity index (χ1v) is 11.8. The first-order chi connectivity index (χ1) is 17.3. The molecule has 8 heteroatoms. The van der Waals surface area contributed by atoms with E-state index < -0.39 is 11.9 Å². The predicted octanol–water partition coefficient (Wildman–Crippen LogP) is 3.77. The minimum Gasteiger partial charge on any atom is -0.508 e. The maximum absolute atomic E-state index is 13.5. The highest BCUT2D eigenvalue weighted by Crippen LogP contribution is 2.32. The van der Waals surface area contributed by atoms with Crippen LogP contribution in [-0.4, -0.2) is 52.3 Å². The fourth-order valence-electron chi connectivity index (χ4n) is 4.77. The molecule has 0 spiro atoms. The number of amides is 1. The van der Waals surface area contributed by atoms with Crippen molar-refractivity contribution in [2.24, 2.45) is 5.92 Å². The van der Waals surface area contributed by atoms with Crippen LogP contribution in [0.3, 0.4) is 0 Å². The number of pyridine rings is 1. The van der Waals surface area contributed by atoms with E-state index in [9.17, 15) is 19.5 Å². The topological polar surface area (TPSA) is 124 Å². The second kappa shape index (κ2) is 10.6. The Balaban J connectivity index is 1.58. The molecule has 0 aliphatic carbocycles. The molecule has 2 heterocycles. The molecule has 1 aliphatic heterocycles. The van der Waals surface area contributed by atoms with Crippen LogP contribution in [0.1, 0.15) is 41.3 Å². The van der Waals surface area contributed by atoms with Gasteiger partial charge in [-0.2, -0.15) is 0 Å².